The zero-order chi connectivity index (χ0) is 11.8. The molecule has 0 aliphatic heterocycles. The van der Waals surface area contributed by atoms with Crippen LogP contribution in [0.2, 0.25) is 0 Å². The van der Waals surface area contributed by atoms with Crippen LogP contribution in [-0.2, 0) is 6.54 Å². The van der Waals surface area contributed by atoms with E-state index in [1.54, 1.807) is 0 Å². The molecule has 0 aliphatic rings. The van der Waals surface area contributed by atoms with E-state index >= 15 is 0 Å². The van der Waals surface area contributed by atoms with Crippen molar-refractivity contribution < 1.29 is 5.11 Å². The first-order chi connectivity index (χ1) is 7.72. The second-order valence-electron chi connectivity index (χ2n) is 4.29. The third kappa shape index (κ3) is 5.14. The molecular weight excluding hydrogens is 200 g/mol. The summed E-state index contributed by atoms with van der Waals surface area (Å²) in [4.78, 5) is 2.16. The topological polar surface area (TPSA) is 35.5 Å². The summed E-state index contributed by atoms with van der Waals surface area (Å²) in [6, 6.07) is 8.51. The lowest BCUT2D eigenvalue weighted by Crippen LogP contribution is -2.10. The van der Waals surface area contributed by atoms with Crippen LogP contribution in [0.3, 0.4) is 0 Å². The van der Waals surface area contributed by atoms with E-state index in [0.717, 1.165) is 31.6 Å². The van der Waals surface area contributed by atoms with Crippen molar-refractivity contribution in [1.82, 2.24) is 4.90 Å². The molecule has 90 valence electrons. The summed E-state index contributed by atoms with van der Waals surface area (Å²) in [5.41, 5.74) is 2.48. The molecule has 0 atom stereocenters. The van der Waals surface area contributed by atoms with E-state index in [1.807, 2.05) is 0 Å². The molecule has 1 aromatic rings. The maximum atomic E-state index is 8.65. The number of benzene rings is 1. The van der Waals surface area contributed by atoms with Gasteiger partial charge in [-0.1, -0.05) is 12.1 Å². The molecule has 3 nitrogen and oxygen atoms in total. The van der Waals surface area contributed by atoms with Crippen molar-refractivity contribution in [3.8, 4) is 0 Å². The third-order valence-electron chi connectivity index (χ3n) is 2.37. The van der Waals surface area contributed by atoms with Crippen LogP contribution in [0, 0.1) is 0 Å². The first-order valence-electron chi connectivity index (χ1n) is 5.81. The number of anilines is 1. The maximum Gasteiger partial charge on any atom is 0.0431 e. The Bertz CT molecular complexity index is 282. The summed E-state index contributed by atoms with van der Waals surface area (Å²) < 4.78 is 0. The molecule has 0 unspecified atom stereocenters. The lowest BCUT2D eigenvalue weighted by molar-refractivity contribution is 0.286. The van der Waals surface area contributed by atoms with Crippen LogP contribution >= 0.6 is 0 Å². The van der Waals surface area contributed by atoms with Gasteiger partial charge in [-0.2, -0.15) is 0 Å². The lowest BCUT2D eigenvalue weighted by atomic mass is 10.2. The molecule has 1 aromatic carbocycles. The minimum absolute atomic E-state index is 0.281. The molecule has 16 heavy (non-hydrogen) atoms. The van der Waals surface area contributed by atoms with E-state index in [2.05, 4.69) is 48.6 Å². The molecule has 0 aliphatic carbocycles. The van der Waals surface area contributed by atoms with Crippen LogP contribution in [0.4, 0.5) is 5.69 Å². The highest BCUT2D eigenvalue weighted by atomic mass is 16.2. The number of nitrogens with zero attached hydrogens (tertiary/aromatic N) is 1. The Balaban J connectivity index is 2.33. The molecule has 0 bridgehead atoms. The maximum absolute atomic E-state index is 8.65. The van der Waals surface area contributed by atoms with Gasteiger partial charge in [-0.05, 0) is 44.6 Å². The van der Waals surface area contributed by atoms with Crippen molar-refractivity contribution in [2.24, 2.45) is 0 Å². The molecule has 0 fully saturated rings. The quantitative estimate of drug-likeness (QED) is 0.692. The summed E-state index contributed by atoms with van der Waals surface area (Å²) in [5.74, 6) is 0. The van der Waals surface area contributed by atoms with Gasteiger partial charge in [0.25, 0.3) is 0 Å². The standard InChI is InChI=1S/C13H22N2O/c1-15(2)11-12-5-7-13(8-6-12)14-9-3-4-10-16/h5-8,14,16H,3-4,9-11H2,1-2H3. The highest BCUT2D eigenvalue weighted by Gasteiger charge is 1.95. The average molecular weight is 222 g/mol. The Labute approximate surface area is 98.1 Å². The summed E-state index contributed by atoms with van der Waals surface area (Å²) in [5, 5.41) is 12.0. The van der Waals surface area contributed by atoms with E-state index in [1.165, 1.54) is 5.56 Å². The smallest absolute Gasteiger partial charge is 0.0431 e. The van der Waals surface area contributed by atoms with E-state index in [-0.39, 0.29) is 6.61 Å². The number of nitrogens with one attached hydrogen (secondary N) is 1. The van der Waals surface area contributed by atoms with Gasteiger partial charge in [-0.25, -0.2) is 0 Å². The van der Waals surface area contributed by atoms with Crippen LogP contribution in [0.5, 0.6) is 0 Å². The van der Waals surface area contributed by atoms with E-state index in [4.69, 9.17) is 5.11 Å². The molecule has 0 aromatic heterocycles. The zero-order valence-electron chi connectivity index (χ0n) is 10.2. The average Bonchev–Trinajstić information content (AvgIpc) is 2.26. The van der Waals surface area contributed by atoms with Gasteiger partial charge in [0.1, 0.15) is 0 Å². The predicted octanol–water partition coefficient (Wildman–Crippen LogP) is 1.93. The fourth-order valence-electron chi connectivity index (χ4n) is 1.56. The highest BCUT2D eigenvalue weighted by Crippen LogP contribution is 2.10. The largest absolute Gasteiger partial charge is 0.396 e. The van der Waals surface area contributed by atoms with Crippen molar-refractivity contribution >= 4 is 5.69 Å². The third-order valence-corrected chi connectivity index (χ3v) is 2.37. The van der Waals surface area contributed by atoms with Gasteiger partial charge >= 0.3 is 0 Å². The monoisotopic (exact) mass is 222 g/mol. The predicted molar refractivity (Wildman–Crippen MR) is 68.6 cm³/mol. The van der Waals surface area contributed by atoms with E-state index in [9.17, 15) is 0 Å². The Hall–Kier alpha value is -1.06. The molecular formula is C13H22N2O. The minimum Gasteiger partial charge on any atom is -0.396 e. The number of rotatable bonds is 7. The highest BCUT2D eigenvalue weighted by molar-refractivity contribution is 5.44. The Morgan fingerprint density at radius 2 is 1.81 bits per heavy atom. The summed E-state index contributed by atoms with van der Waals surface area (Å²) in [7, 11) is 4.14. The summed E-state index contributed by atoms with van der Waals surface area (Å²) in [6.45, 7) is 2.18. The Kier molecular flexibility index (Phi) is 5.90. The number of unbranched alkanes of at least 4 members (excludes halogenated alkanes) is 1. The number of hydrogen-bond donors (Lipinski definition) is 2. The van der Waals surface area contributed by atoms with E-state index < -0.39 is 0 Å². The Morgan fingerprint density at radius 3 is 2.38 bits per heavy atom. The minimum atomic E-state index is 0.281. The molecule has 0 spiro atoms. The van der Waals surface area contributed by atoms with Gasteiger partial charge in [0.2, 0.25) is 0 Å². The fraction of sp³-hybridized carbons (Fsp3) is 0.538. The van der Waals surface area contributed by atoms with Crippen LogP contribution in [0.1, 0.15) is 18.4 Å². The fourth-order valence-corrected chi connectivity index (χ4v) is 1.56. The molecule has 3 heteroatoms. The first-order valence-corrected chi connectivity index (χ1v) is 5.81. The molecule has 1 rings (SSSR count). The van der Waals surface area contributed by atoms with Crippen molar-refractivity contribution in [3.05, 3.63) is 29.8 Å². The van der Waals surface area contributed by atoms with Crippen LogP contribution in [-0.4, -0.2) is 37.3 Å². The van der Waals surface area contributed by atoms with Gasteiger partial charge in [0.05, 0.1) is 0 Å². The molecule has 2 N–H and O–H groups in total. The number of aliphatic hydroxyl groups is 1. The first kappa shape index (κ1) is 13.0. The van der Waals surface area contributed by atoms with Crippen LogP contribution < -0.4 is 5.32 Å². The number of hydrogen-bond acceptors (Lipinski definition) is 3. The van der Waals surface area contributed by atoms with Gasteiger partial charge < -0.3 is 15.3 Å². The molecule has 0 saturated carbocycles. The zero-order valence-corrected chi connectivity index (χ0v) is 10.2. The normalized spacial score (nSPS) is 10.8. The summed E-state index contributed by atoms with van der Waals surface area (Å²) >= 11 is 0. The van der Waals surface area contributed by atoms with Crippen LogP contribution in [0.25, 0.3) is 0 Å². The Morgan fingerprint density at radius 1 is 1.12 bits per heavy atom. The van der Waals surface area contributed by atoms with Gasteiger partial charge in [-0.3, -0.25) is 0 Å². The van der Waals surface area contributed by atoms with Gasteiger partial charge in [0, 0.05) is 25.4 Å². The van der Waals surface area contributed by atoms with Gasteiger partial charge in [-0.15, -0.1) is 0 Å². The van der Waals surface area contributed by atoms with Crippen LogP contribution in [0.15, 0.2) is 24.3 Å². The lowest BCUT2D eigenvalue weighted by Gasteiger charge is -2.11. The van der Waals surface area contributed by atoms with Crippen molar-refractivity contribution in [2.75, 3.05) is 32.6 Å². The molecule has 0 heterocycles. The SMILES string of the molecule is CN(C)Cc1ccc(NCCCCO)cc1. The number of aliphatic hydroxyl groups excluding tert-OH is 1. The second-order valence-corrected chi connectivity index (χ2v) is 4.29. The summed E-state index contributed by atoms with van der Waals surface area (Å²) in [6.07, 6.45) is 1.88. The van der Waals surface area contributed by atoms with Crippen molar-refractivity contribution in [3.63, 3.8) is 0 Å². The molecule has 0 amide bonds. The van der Waals surface area contributed by atoms with Gasteiger partial charge in [0.15, 0.2) is 0 Å². The van der Waals surface area contributed by atoms with E-state index in [0.29, 0.717) is 0 Å². The molecule has 0 radical (unpaired) electrons. The van der Waals surface area contributed by atoms with Crippen molar-refractivity contribution in [1.29, 1.82) is 0 Å². The van der Waals surface area contributed by atoms with Crippen molar-refractivity contribution in [2.45, 2.75) is 19.4 Å². The second kappa shape index (κ2) is 7.25. The molecule has 0 saturated heterocycles.